The fraction of sp³-hybridized carbons (Fsp3) is 0.154. The highest BCUT2D eigenvalue weighted by molar-refractivity contribution is 5.46. The molecule has 0 aliphatic rings. The van der Waals surface area contributed by atoms with Gasteiger partial charge in [-0.1, -0.05) is 0 Å². The molecule has 1 aromatic carbocycles. The maximum atomic E-state index is 13.4. The molecule has 2 aromatic rings. The van der Waals surface area contributed by atoms with Crippen LogP contribution in [0.5, 0.6) is 0 Å². The van der Waals surface area contributed by atoms with Gasteiger partial charge in [-0.15, -0.1) is 0 Å². The van der Waals surface area contributed by atoms with Gasteiger partial charge in [0.1, 0.15) is 11.8 Å². The molecule has 0 radical (unpaired) electrons. The standard InChI is InChI=1S/C13H10F3N3/c1-19-7-8(4-9(19)5-17)6-18-11-3-2-10(14)12(15)13(11)16/h2-4,7,18H,6H2,1H3. The number of benzene rings is 1. The minimum atomic E-state index is -1.50. The smallest absolute Gasteiger partial charge is 0.196 e. The molecule has 0 spiro atoms. The number of aromatic nitrogens is 1. The van der Waals surface area contributed by atoms with Crippen LogP contribution in [0.25, 0.3) is 0 Å². The van der Waals surface area contributed by atoms with Crippen molar-refractivity contribution in [1.82, 2.24) is 4.57 Å². The van der Waals surface area contributed by atoms with Crippen molar-refractivity contribution < 1.29 is 13.2 Å². The molecule has 0 aliphatic carbocycles. The summed E-state index contributed by atoms with van der Waals surface area (Å²) in [5, 5.41) is 11.4. The van der Waals surface area contributed by atoms with Crippen LogP contribution in [0.1, 0.15) is 11.3 Å². The Morgan fingerprint density at radius 3 is 2.63 bits per heavy atom. The first-order valence-electron chi connectivity index (χ1n) is 5.45. The van der Waals surface area contributed by atoms with Crippen molar-refractivity contribution in [1.29, 1.82) is 5.26 Å². The van der Waals surface area contributed by atoms with Gasteiger partial charge >= 0.3 is 0 Å². The molecule has 1 aromatic heterocycles. The highest BCUT2D eigenvalue weighted by Gasteiger charge is 2.13. The van der Waals surface area contributed by atoms with Gasteiger partial charge in [0.2, 0.25) is 0 Å². The molecular weight excluding hydrogens is 255 g/mol. The van der Waals surface area contributed by atoms with E-state index in [4.69, 9.17) is 5.26 Å². The first-order chi connectivity index (χ1) is 9.02. The number of aryl methyl sites for hydroxylation is 1. The summed E-state index contributed by atoms with van der Waals surface area (Å²) in [6.45, 7) is 0.206. The SMILES string of the molecule is Cn1cc(CNc2ccc(F)c(F)c2F)cc1C#N. The van der Waals surface area contributed by atoms with Crippen LogP contribution >= 0.6 is 0 Å². The number of hydrogen-bond donors (Lipinski definition) is 1. The molecule has 0 saturated heterocycles. The van der Waals surface area contributed by atoms with Crippen LogP contribution in [0.4, 0.5) is 18.9 Å². The minimum absolute atomic E-state index is 0.124. The van der Waals surface area contributed by atoms with Gasteiger partial charge in [-0.05, 0) is 23.8 Å². The fourth-order valence-corrected chi connectivity index (χ4v) is 1.70. The molecule has 0 unspecified atom stereocenters. The molecule has 0 aliphatic heterocycles. The van der Waals surface area contributed by atoms with E-state index in [1.807, 2.05) is 6.07 Å². The van der Waals surface area contributed by atoms with Crippen molar-refractivity contribution in [2.45, 2.75) is 6.54 Å². The van der Waals surface area contributed by atoms with E-state index >= 15 is 0 Å². The van der Waals surface area contributed by atoms with E-state index in [0.717, 1.165) is 17.7 Å². The number of nitriles is 1. The number of rotatable bonds is 3. The molecular formula is C13H10F3N3. The first kappa shape index (κ1) is 13.0. The second-order valence-electron chi connectivity index (χ2n) is 4.03. The van der Waals surface area contributed by atoms with E-state index in [0.29, 0.717) is 5.69 Å². The van der Waals surface area contributed by atoms with Crippen molar-refractivity contribution >= 4 is 5.69 Å². The third kappa shape index (κ3) is 2.55. The Hall–Kier alpha value is -2.42. The van der Waals surface area contributed by atoms with E-state index in [2.05, 4.69) is 5.32 Å². The third-order valence-corrected chi connectivity index (χ3v) is 2.69. The van der Waals surface area contributed by atoms with Crippen LogP contribution < -0.4 is 5.32 Å². The number of hydrogen-bond acceptors (Lipinski definition) is 2. The minimum Gasteiger partial charge on any atom is -0.378 e. The molecule has 0 fully saturated rings. The van der Waals surface area contributed by atoms with Gasteiger partial charge < -0.3 is 9.88 Å². The maximum absolute atomic E-state index is 13.4. The van der Waals surface area contributed by atoms with Gasteiger partial charge in [-0.3, -0.25) is 0 Å². The zero-order valence-electron chi connectivity index (χ0n) is 10.0. The van der Waals surface area contributed by atoms with E-state index in [1.54, 1.807) is 23.9 Å². The number of halogens is 3. The van der Waals surface area contributed by atoms with E-state index in [9.17, 15) is 13.2 Å². The highest BCUT2D eigenvalue weighted by atomic mass is 19.2. The topological polar surface area (TPSA) is 40.8 Å². The molecule has 3 nitrogen and oxygen atoms in total. The summed E-state index contributed by atoms with van der Waals surface area (Å²) in [5.41, 5.74) is 1.08. The van der Waals surface area contributed by atoms with Crippen molar-refractivity contribution in [2.75, 3.05) is 5.32 Å². The molecule has 0 atom stereocenters. The summed E-state index contributed by atoms with van der Waals surface area (Å²) in [7, 11) is 1.71. The lowest BCUT2D eigenvalue weighted by Gasteiger charge is -2.07. The lowest BCUT2D eigenvalue weighted by atomic mass is 10.2. The Morgan fingerprint density at radius 2 is 2.00 bits per heavy atom. The van der Waals surface area contributed by atoms with Crippen LogP contribution in [0.3, 0.4) is 0 Å². The average Bonchev–Trinajstić information content (AvgIpc) is 2.75. The Bertz CT molecular complexity index is 656. The van der Waals surface area contributed by atoms with Gasteiger partial charge in [0.25, 0.3) is 0 Å². The summed E-state index contributed by atoms with van der Waals surface area (Å²) in [6, 6.07) is 5.60. The monoisotopic (exact) mass is 265 g/mol. The largest absolute Gasteiger partial charge is 0.378 e. The van der Waals surface area contributed by atoms with Crippen molar-refractivity contribution in [3.8, 4) is 6.07 Å². The summed E-state index contributed by atoms with van der Waals surface area (Å²) in [6.07, 6.45) is 1.70. The second kappa shape index (κ2) is 5.06. The Morgan fingerprint density at radius 1 is 1.26 bits per heavy atom. The summed E-state index contributed by atoms with van der Waals surface area (Å²) in [5.74, 6) is -3.98. The first-order valence-corrected chi connectivity index (χ1v) is 5.45. The zero-order chi connectivity index (χ0) is 14.0. The third-order valence-electron chi connectivity index (χ3n) is 2.69. The van der Waals surface area contributed by atoms with Crippen molar-refractivity contribution in [3.63, 3.8) is 0 Å². The van der Waals surface area contributed by atoms with Gasteiger partial charge in [-0.25, -0.2) is 13.2 Å². The lowest BCUT2D eigenvalue weighted by molar-refractivity contribution is 0.449. The van der Waals surface area contributed by atoms with Crippen LogP contribution in [0.15, 0.2) is 24.4 Å². The van der Waals surface area contributed by atoms with E-state index in [-0.39, 0.29) is 12.2 Å². The fourth-order valence-electron chi connectivity index (χ4n) is 1.70. The normalized spacial score (nSPS) is 10.3. The Kier molecular flexibility index (Phi) is 3.47. The van der Waals surface area contributed by atoms with Crippen LogP contribution in [0, 0.1) is 28.8 Å². The number of nitrogens with zero attached hydrogens (tertiary/aromatic N) is 2. The van der Waals surface area contributed by atoms with Crippen LogP contribution in [-0.2, 0) is 13.6 Å². The van der Waals surface area contributed by atoms with Crippen molar-refractivity contribution in [2.24, 2.45) is 7.05 Å². The Balaban J connectivity index is 2.15. The van der Waals surface area contributed by atoms with E-state index in [1.165, 1.54) is 0 Å². The van der Waals surface area contributed by atoms with Crippen LogP contribution in [-0.4, -0.2) is 4.57 Å². The predicted molar refractivity (Wildman–Crippen MR) is 63.8 cm³/mol. The van der Waals surface area contributed by atoms with Gasteiger partial charge in [0.05, 0.1) is 5.69 Å². The van der Waals surface area contributed by atoms with Gasteiger partial charge in [-0.2, -0.15) is 5.26 Å². The zero-order valence-corrected chi connectivity index (χ0v) is 10.0. The molecule has 2 rings (SSSR count). The molecule has 1 heterocycles. The maximum Gasteiger partial charge on any atom is 0.196 e. The average molecular weight is 265 g/mol. The van der Waals surface area contributed by atoms with Gasteiger partial charge in [0, 0.05) is 19.8 Å². The molecule has 0 bridgehead atoms. The number of anilines is 1. The molecule has 0 saturated carbocycles. The summed E-state index contributed by atoms with van der Waals surface area (Å²) < 4.78 is 40.7. The molecule has 0 amide bonds. The molecule has 19 heavy (non-hydrogen) atoms. The summed E-state index contributed by atoms with van der Waals surface area (Å²) in [4.78, 5) is 0. The quantitative estimate of drug-likeness (QED) is 0.867. The highest BCUT2D eigenvalue weighted by Crippen LogP contribution is 2.20. The molecule has 6 heteroatoms. The summed E-state index contributed by atoms with van der Waals surface area (Å²) >= 11 is 0. The lowest BCUT2D eigenvalue weighted by Crippen LogP contribution is -2.03. The van der Waals surface area contributed by atoms with E-state index < -0.39 is 17.5 Å². The Labute approximate surface area is 107 Å². The van der Waals surface area contributed by atoms with Crippen molar-refractivity contribution in [3.05, 3.63) is 53.1 Å². The van der Waals surface area contributed by atoms with Gasteiger partial charge in [0.15, 0.2) is 17.5 Å². The predicted octanol–water partition coefficient (Wildman–Crippen LogP) is 2.93. The molecule has 1 N–H and O–H groups in total. The number of nitrogens with one attached hydrogen (secondary N) is 1. The second-order valence-corrected chi connectivity index (χ2v) is 4.03. The molecule has 98 valence electrons. The van der Waals surface area contributed by atoms with Crippen LogP contribution in [0.2, 0.25) is 0 Å².